The van der Waals surface area contributed by atoms with Crippen LogP contribution in [0.25, 0.3) is 11.3 Å². The van der Waals surface area contributed by atoms with Gasteiger partial charge in [-0.25, -0.2) is 0 Å². The van der Waals surface area contributed by atoms with Crippen molar-refractivity contribution >= 4 is 23.2 Å². The molecule has 1 N–H and O–H groups in total. The van der Waals surface area contributed by atoms with Crippen LogP contribution in [-0.2, 0) is 19.5 Å². The van der Waals surface area contributed by atoms with Crippen molar-refractivity contribution in [2.75, 3.05) is 6.54 Å². The third kappa shape index (κ3) is 3.59. The van der Waals surface area contributed by atoms with Gasteiger partial charge in [0.15, 0.2) is 0 Å². The van der Waals surface area contributed by atoms with Crippen LogP contribution in [-0.4, -0.2) is 16.3 Å². The molecule has 2 aromatic carbocycles. The van der Waals surface area contributed by atoms with Crippen LogP contribution < -0.4 is 5.32 Å². The van der Waals surface area contributed by atoms with Crippen LogP contribution in [0.15, 0.2) is 48.5 Å². The topological polar surface area (TPSA) is 29.9 Å². The number of hydrogen-bond acceptors (Lipinski definition) is 2. The monoisotopic (exact) mass is 371 g/mol. The van der Waals surface area contributed by atoms with Crippen LogP contribution in [0.2, 0.25) is 10.0 Å². The van der Waals surface area contributed by atoms with Gasteiger partial charge in [0.25, 0.3) is 0 Å². The number of aromatic nitrogens is 2. The highest BCUT2D eigenvalue weighted by Crippen LogP contribution is 2.29. The minimum absolute atomic E-state index is 0.744. The summed E-state index contributed by atoms with van der Waals surface area (Å²) in [6, 6.07) is 15.9. The molecule has 0 amide bonds. The average Bonchev–Trinajstić information content (AvgIpc) is 2.80. The molecule has 0 fully saturated rings. The van der Waals surface area contributed by atoms with E-state index in [0.29, 0.717) is 0 Å². The molecule has 128 valence electrons. The summed E-state index contributed by atoms with van der Waals surface area (Å²) in [4.78, 5) is 0. The van der Waals surface area contributed by atoms with E-state index in [9.17, 15) is 0 Å². The maximum absolute atomic E-state index is 6.05. The number of rotatable bonds is 3. The summed E-state index contributed by atoms with van der Waals surface area (Å²) in [5.41, 5.74) is 5.99. The van der Waals surface area contributed by atoms with Gasteiger partial charge in [0.1, 0.15) is 0 Å². The second-order valence-electron chi connectivity index (χ2n) is 6.35. The number of benzene rings is 2. The first-order valence-electron chi connectivity index (χ1n) is 8.50. The standard InChI is InChI=1S/C20H19Cl2N3/c21-16-7-3-14(4-8-16)13-25-19-2-1-11-23-12-18(19)20(24-25)15-5-9-17(22)10-6-15/h3-10,23H,1-2,11-13H2. The molecule has 25 heavy (non-hydrogen) atoms. The summed E-state index contributed by atoms with van der Waals surface area (Å²) in [6.45, 7) is 2.65. The summed E-state index contributed by atoms with van der Waals surface area (Å²) in [6.07, 6.45) is 2.16. The van der Waals surface area contributed by atoms with Crippen molar-refractivity contribution in [2.45, 2.75) is 25.9 Å². The molecule has 1 aliphatic rings. The zero-order valence-corrected chi connectivity index (χ0v) is 15.3. The van der Waals surface area contributed by atoms with E-state index in [4.69, 9.17) is 28.3 Å². The van der Waals surface area contributed by atoms with Crippen LogP contribution in [0.4, 0.5) is 0 Å². The second kappa shape index (κ2) is 7.20. The highest BCUT2D eigenvalue weighted by molar-refractivity contribution is 6.30. The van der Waals surface area contributed by atoms with E-state index in [2.05, 4.69) is 22.1 Å². The molecule has 0 saturated heterocycles. The van der Waals surface area contributed by atoms with Crippen molar-refractivity contribution in [1.82, 2.24) is 15.1 Å². The van der Waals surface area contributed by atoms with E-state index in [0.717, 1.165) is 53.8 Å². The van der Waals surface area contributed by atoms with E-state index in [-0.39, 0.29) is 0 Å². The van der Waals surface area contributed by atoms with Crippen molar-refractivity contribution < 1.29 is 0 Å². The van der Waals surface area contributed by atoms with Gasteiger partial charge in [0.2, 0.25) is 0 Å². The minimum Gasteiger partial charge on any atom is -0.313 e. The summed E-state index contributed by atoms with van der Waals surface area (Å²) < 4.78 is 2.15. The molecule has 4 rings (SSSR count). The Hall–Kier alpha value is -1.81. The lowest BCUT2D eigenvalue weighted by molar-refractivity contribution is 0.626. The summed E-state index contributed by atoms with van der Waals surface area (Å²) in [7, 11) is 0. The van der Waals surface area contributed by atoms with Gasteiger partial charge < -0.3 is 5.32 Å². The Labute approximate surface area is 157 Å². The Morgan fingerprint density at radius 1 is 0.960 bits per heavy atom. The van der Waals surface area contributed by atoms with Crippen LogP contribution in [0.3, 0.4) is 0 Å². The Morgan fingerprint density at radius 2 is 1.64 bits per heavy atom. The van der Waals surface area contributed by atoms with Crippen molar-refractivity contribution in [2.24, 2.45) is 0 Å². The van der Waals surface area contributed by atoms with Gasteiger partial charge in [-0.1, -0.05) is 47.5 Å². The van der Waals surface area contributed by atoms with Crippen molar-refractivity contribution in [3.63, 3.8) is 0 Å². The zero-order valence-electron chi connectivity index (χ0n) is 13.8. The van der Waals surface area contributed by atoms with Gasteiger partial charge in [-0.2, -0.15) is 5.10 Å². The summed E-state index contributed by atoms with van der Waals surface area (Å²) in [5, 5.41) is 9.97. The van der Waals surface area contributed by atoms with Gasteiger partial charge in [-0.3, -0.25) is 4.68 Å². The molecule has 0 radical (unpaired) electrons. The third-order valence-electron chi connectivity index (χ3n) is 4.60. The first-order chi connectivity index (χ1) is 12.2. The lowest BCUT2D eigenvalue weighted by Crippen LogP contribution is -2.12. The molecule has 0 spiro atoms. The summed E-state index contributed by atoms with van der Waals surface area (Å²) in [5.74, 6) is 0. The van der Waals surface area contributed by atoms with Gasteiger partial charge in [-0.05, 0) is 49.2 Å². The van der Waals surface area contributed by atoms with E-state index in [1.54, 1.807) is 0 Å². The molecule has 5 heteroatoms. The predicted octanol–water partition coefficient (Wildman–Crippen LogP) is 4.94. The Morgan fingerprint density at radius 3 is 2.36 bits per heavy atom. The van der Waals surface area contributed by atoms with Crippen molar-refractivity contribution in [3.05, 3.63) is 75.4 Å². The maximum Gasteiger partial charge on any atom is 0.0971 e. The van der Waals surface area contributed by atoms with Gasteiger partial charge in [-0.15, -0.1) is 0 Å². The van der Waals surface area contributed by atoms with Crippen LogP contribution in [0.1, 0.15) is 23.2 Å². The van der Waals surface area contributed by atoms with Gasteiger partial charge in [0, 0.05) is 33.4 Å². The Balaban J connectivity index is 1.76. The molecule has 1 aromatic heterocycles. The molecule has 3 aromatic rings. The third-order valence-corrected chi connectivity index (χ3v) is 5.10. The highest BCUT2D eigenvalue weighted by atomic mass is 35.5. The lowest BCUT2D eigenvalue weighted by atomic mass is 10.0. The molecule has 1 aliphatic heterocycles. The van der Waals surface area contributed by atoms with Gasteiger partial charge in [0.05, 0.1) is 12.2 Å². The fourth-order valence-corrected chi connectivity index (χ4v) is 3.58. The van der Waals surface area contributed by atoms with E-state index in [1.165, 1.54) is 16.8 Å². The second-order valence-corrected chi connectivity index (χ2v) is 7.22. The van der Waals surface area contributed by atoms with Gasteiger partial charge >= 0.3 is 0 Å². The van der Waals surface area contributed by atoms with Crippen LogP contribution in [0, 0.1) is 0 Å². The molecular formula is C20H19Cl2N3. The largest absolute Gasteiger partial charge is 0.313 e. The molecular weight excluding hydrogens is 353 g/mol. The van der Waals surface area contributed by atoms with Crippen LogP contribution in [0.5, 0.6) is 0 Å². The molecule has 0 saturated carbocycles. The van der Waals surface area contributed by atoms with Crippen LogP contribution >= 0.6 is 23.2 Å². The first-order valence-corrected chi connectivity index (χ1v) is 9.26. The first kappa shape index (κ1) is 16.6. The SMILES string of the molecule is Clc1ccc(Cn2nc(-c3ccc(Cl)cc3)c3c2CCCNC3)cc1. The molecule has 0 bridgehead atoms. The molecule has 2 heterocycles. The maximum atomic E-state index is 6.05. The Bertz CT molecular complexity index is 867. The number of fused-ring (bicyclic) bond motifs is 1. The summed E-state index contributed by atoms with van der Waals surface area (Å²) >= 11 is 12.1. The lowest BCUT2D eigenvalue weighted by Gasteiger charge is -2.07. The quantitative estimate of drug-likeness (QED) is 0.706. The minimum atomic E-state index is 0.744. The molecule has 0 atom stereocenters. The average molecular weight is 372 g/mol. The van der Waals surface area contributed by atoms with Crippen molar-refractivity contribution in [3.8, 4) is 11.3 Å². The predicted molar refractivity (Wildman–Crippen MR) is 103 cm³/mol. The number of hydrogen-bond donors (Lipinski definition) is 1. The fraction of sp³-hybridized carbons (Fsp3) is 0.250. The van der Waals surface area contributed by atoms with E-state index < -0.39 is 0 Å². The smallest absolute Gasteiger partial charge is 0.0971 e. The van der Waals surface area contributed by atoms with E-state index >= 15 is 0 Å². The fourth-order valence-electron chi connectivity index (χ4n) is 3.33. The zero-order chi connectivity index (χ0) is 17.2. The molecule has 3 nitrogen and oxygen atoms in total. The molecule has 0 unspecified atom stereocenters. The normalized spacial score (nSPS) is 14.2. The number of nitrogens with one attached hydrogen (secondary N) is 1. The number of halogens is 2. The van der Waals surface area contributed by atoms with Crippen molar-refractivity contribution in [1.29, 1.82) is 0 Å². The molecule has 0 aliphatic carbocycles. The number of nitrogens with zero attached hydrogens (tertiary/aromatic N) is 2. The van der Waals surface area contributed by atoms with E-state index in [1.807, 2.05) is 36.4 Å². The highest BCUT2D eigenvalue weighted by Gasteiger charge is 2.20. The Kier molecular flexibility index (Phi) is 4.80.